The summed E-state index contributed by atoms with van der Waals surface area (Å²) in [6.45, 7) is 66.2. The number of hydrogen-bond donors (Lipinski definition) is 1. The predicted molar refractivity (Wildman–Crippen MR) is 326 cm³/mol. The number of benzene rings is 2. The topological polar surface area (TPSA) is 94.1 Å². The van der Waals surface area contributed by atoms with Crippen LogP contribution in [-0.4, -0.2) is 84.5 Å². The van der Waals surface area contributed by atoms with Crippen LogP contribution in [0.5, 0.6) is 23.0 Å². The number of thioether (sulfide) groups is 4. The first kappa shape index (κ1) is 62.9. The maximum Gasteiger partial charge on any atom is 0.246 e. The molecule has 1 unspecified atom stereocenters. The van der Waals surface area contributed by atoms with E-state index >= 15 is 0 Å². The van der Waals surface area contributed by atoms with Gasteiger partial charge < -0.3 is 41.8 Å². The van der Waals surface area contributed by atoms with E-state index in [-0.39, 0.29) is 20.2 Å². The molecular formula is C57H100O9S4Si4. The lowest BCUT2D eigenvalue weighted by atomic mass is 9.98. The Morgan fingerprint density at radius 3 is 0.973 bits per heavy atom. The summed E-state index contributed by atoms with van der Waals surface area (Å²) in [7, 11) is -9.27. The maximum atomic E-state index is 13.8. The summed E-state index contributed by atoms with van der Waals surface area (Å²) < 4.78 is 54.9. The molecule has 422 valence electrons. The molecule has 0 spiro atoms. The van der Waals surface area contributed by atoms with E-state index in [0.717, 1.165) is 25.1 Å². The fraction of sp³-hybridized carbons (Fsp3) is 0.789. The largest absolute Gasteiger partial charge is 0.449 e. The van der Waals surface area contributed by atoms with Crippen LogP contribution in [0.4, 0.5) is 0 Å². The van der Waals surface area contributed by atoms with Crippen molar-refractivity contribution in [3.8, 4) is 23.0 Å². The predicted octanol–water partition coefficient (Wildman–Crippen LogP) is 18.2. The van der Waals surface area contributed by atoms with Crippen molar-refractivity contribution >= 4 is 80.3 Å². The van der Waals surface area contributed by atoms with Crippen LogP contribution in [-0.2, 0) is 17.7 Å². The molecule has 1 N–H and O–H groups in total. The van der Waals surface area contributed by atoms with Crippen LogP contribution in [0.25, 0.3) is 0 Å². The second-order valence-corrected chi connectivity index (χ2v) is 53.0. The van der Waals surface area contributed by atoms with E-state index in [2.05, 4.69) is 169 Å². The zero-order chi connectivity index (χ0) is 56.4. The summed E-state index contributed by atoms with van der Waals surface area (Å²) in [6.07, 6.45) is -1.21. The average Bonchev–Trinajstić information content (AvgIpc) is 3.98. The molecule has 4 heterocycles. The van der Waals surface area contributed by atoms with E-state index < -0.39 is 59.1 Å². The summed E-state index contributed by atoms with van der Waals surface area (Å²) in [6, 6.07) is 4.25. The van der Waals surface area contributed by atoms with Crippen LogP contribution < -0.4 is 18.9 Å². The molecule has 2 aromatic carbocycles. The molecule has 0 radical (unpaired) electrons. The summed E-state index contributed by atoms with van der Waals surface area (Å²) >= 11 is 7.35. The van der Waals surface area contributed by atoms with E-state index in [1.54, 1.807) is 0 Å². The molecule has 1 atom stereocenters. The normalized spacial score (nSPS) is 19.9. The summed E-state index contributed by atoms with van der Waals surface area (Å²) in [5.74, 6) is 1.79. The second-order valence-electron chi connectivity index (χ2n) is 28.4. The van der Waals surface area contributed by atoms with Crippen molar-refractivity contribution in [3.63, 3.8) is 0 Å². The highest BCUT2D eigenvalue weighted by atomic mass is 32.2. The number of aliphatic hydroxyl groups is 1. The number of hydrogen-bond acceptors (Lipinski definition) is 13. The van der Waals surface area contributed by atoms with Crippen molar-refractivity contribution < 1.29 is 41.8 Å². The Kier molecular flexibility index (Phi) is 17.5. The van der Waals surface area contributed by atoms with Crippen LogP contribution in [0.2, 0.25) is 72.5 Å². The molecular weight excluding hydrogens is 1070 g/mol. The first-order valence-corrected chi connectivity index (χ1v) is 42.3. The SMILES string of the molecule is CC(C)C(C)(C)[Si](C)(C)OCC1(CO[Si](C)(C)C(C)(C)C(C)C)Sc2cc3c(c(C(O)c4c5c(cc6c4OC(C)(C)O6)OC(C)(C)O5)c2S1)SC(CO[Si](C)(C)C(C)(C)C(C)C)(CO[Si](C)(C)C(C)(C)C(C)C)S3. The van der Waals surface area contributed by atoms with Gasteiger partial charge in [-0.2, -0.15) is 0 Å². The van der Waals surface area contributed by atoms with Crippen molar-refractivity contribution in [1.82, 2.24) is 0 Å². The van der Waals surface area contributed by atoms with Crippen LogP contribution in [0.15, 0.2) is 31.7 Å². The molecule has 2 aromatic rings. The van der Waals surface area contributed by atoms with Gasteiger partial charge in [0.1, 0.15) is 14.3 Å². The van der Waals surface area contributed by atoms with E-state index in [0.29, 0.717) is 78.7 Å². The van der Waals surface area contributed by atoms with E-state index in [9.17, 15) is 5.11 Å². The van der Waals surface area contributed by atoms with Gasteiger partial charge in [-0.1, -0.05) is 111 Å². The van der Waals surface area contributed by atoms with Crippen LogP contribution in [0.3, 0.4) is 0 Å². The monoisotopic (exact) mass is 1170 g/mol. The summed E-state index contributed by atoms with van der Waals surface area (Å²) in [5.41, 5.74) is 1.33. The average molecular weight is 1170 g/mol. The van der Waals surface area contributed by atoms with Crippen molar-refractivity contribution in [3.05, 3.63) is 23.3 Å². The van der Waals surface area contributed by atoms with Gasteiger partial charge in [-0.3, -0.25) is 0 Å². The highest BCUT2D eigenvalue weighted by molar-refractivity contribution is 8.22. The first-order valence-electron chi connectivity index (χ1n) is 27.4. The summed E-state index contributed by atoms with van der Waals surface area (Å²) in [4.78, 5) is 4.27. The van der Waals surface area contributed by atoms with Gasteiger partial charge in [0.2, 0.25) is 11.6 Å². The van der Waals surface area contributed by atoms with E-state index in [1.807, 2.05) is 80.8 Å². The molecule has 0 saturated carbocycles. The molecule has 4 aliphatic heterocycles. The van der Waals surface area contributed by atoms with Crippen molar-refractivity contribution in [2.75, 3.05) is 26.4 Å². The molecule has 6 rings (SSSR count). The zero-order valence-corrected chi connectivity index (χ0v) is 58.5. The van der Waals surface area contributed by atoms with Crippen LogP contribution in [0, 0.1) is 23.7 Å². The zero-order valence-electron chi connectivity index (χ0n) is 51.2. The fourth-order valence-corrected chi connectivity index (χ4v) is 26.0. The van der Waals surface area contributed by atoms with Gasteiger partial charge in [-0.05, 0) is 102 Å². The van der Waals surface area contributed by atoms with Crippen LogP contribution >= 0.6 is 47.0 Å². The Bertz CT molecular complexity index is 2190. The van der Waals surface area contributed by atoms with Gasteiger partial charge in [0.15, 0.2) is 56.3 Å². The minimum Gasteiger partial charge on any atom is -0.449 e. The highest BCUT2D eigenvalue weighted by Crippen LogP contribution is 2.68. The summed E-state index contributed by atoms with van der Waals surface area (Å²) in [5, 5.41) is 13.9. The van der Waals surface area contributed by atoms with Gasteiger partial charge in [0.25, 0.3) is 0 Å². The third kappa shape index (κ3) is 11.6. The Labute approximate surface area is 471 Å². The lowest BCUT2D eigenvalue weighted by Gasteiger charge is -2.46. The van der Waals surface area contributed by atoms with Gasteiger partial charge in [0.05, 0.1) is 32.0 Å². The molecule has 0 saturated heterocycles. The number of rotatable bonds is 22. The lowest BCUT2D eigenvalue weighted by Crippen LogP contribution is -2.51. The van der Waals surface area contributed by atoms with Crippen molar-refractivity contribution in [1.29, 1.82) is 0 Å². The minimum absolute atomic E-state index is 0.0101. The Hall–Kier alpha value is -0.292. The minimum atomic E-state index is -2.32. The van der Waals surface area contributed by atoms with Crippen LogP contribution in [0.1, 0.15) is 156 Å². The first-order chi connectivity index (χ1) is 33.2. The standard InChI is InChI=1S/C57H100O9S4Si4/c1-35(2)50(9,10)71(21,22)59-31-56(32-60-72(23,24)51(11,12)36(3)4)67-41-30-42-49(44(48(41)69-56)45(58)43-46-39(63-54(17,18)65-46)29-40-47(43)66-55(19,20)64-40)70-57(68-42,33-61-73(25,26)52(13,14)37(5)6)34-62-74(27,28)53(15,16)38(7)8/h29-30,35-38,45,58H,31-34H2,1-28H3. The Balaban J connectivity index is 1.59. The molecule has 17 heteroatoms. The number of ether oxygens (including phenoxy) is 4. The van der Waals surface area contributed by atoms with Crippen molar-refractivity contribution in [2.45, 2.75) is 256 Å². The Morgan fingerprint density at radius 2 is 0.716 bits per heavy atom. The van der Waals surface area contributed by atoms with Gasteiger partial charge in [-0.15, -0.1) is 47.0 Å². The molecule has 0 amide bonds. The molecule has 0 aliphatic carbocycles. The second kappa shape index (κ2) is 20.6. The van der Waals surface area contributed by atoms with Gasteiger partial charge in [-0.25, -0.2) is 0 Å². The third-order valence-corrected chi connectivity index (χ3v) is 44.4. The Morgan fingerprint density at radius 1 is 0.446 bits per heavy atom. The quantitative estimate of drug-likeness (QED) is 0.114. The number of fused-ring (bicyclic) bond motifs is 4. The molecule has 0 aromatic heterocycles. The number of aliphatic hydroxyl groups excluding tert-OH is 1. The molecule has 0 bridgehead atoms. The van der Waals surface area contributed by atoms with Gasteiger partial charge >= 0.3 is 0 Å². The lowest BCUT2D eigenvalue weighted by molar-refractivity contribution is -0.0497. The fourth-order valence-electron chi connectivity index (χ4n) is 9.49. The molecule has 4 aliphatic rings. The smallest absolute Gasteiger partial charge is 0.246 e. The molecule has 0 fully saturated rings. The van der Waals surface area contributed by atoms with E-state index in [1.165, 1.54) is 0 Å². The van der Waals surface area contributed by atoms with Gasteiger partial charge in [0, 0.05) is 58.9 Å². The third-order valence-electron chi connectivity index (χ3n) is 20.1. The molecule has 9 nitrogen and oxygen atoms in total. The highest BCUT2D eigenvalue weighted by Gasteiger charge is 2.56. The maximum absolute atomic E-state index is 13.8. The van der Waals surface area contributed by atoms with Crippen molar-refractivity contribution in [2.24, 2.45) is 23.7 Å². The molecule has 74 heavy (non-hydrogen) atoms. The van der Waals surface area contributed by atoms with E-state index in [4.69, 9.17) is 36.7 Å².